The van der Waals surface area contributed by atoms with Crippen LogP contribution in [0.25, 0.3) is 33.3 Å². The molecule has 0 radical (unpaired) electrons. The number of thiocarbonyl (C=S) groups is 1. The van der Waals surface area contributed by atoms with E-state index >= 15 is 0 Å². The number of hydrogen-bond acceptors (Lipinski definition) is 4. The third kappa shape index (κ3) is 5.03. The Labute approximate surface area is 223 Å². The minimum Gasteiger partial charge on any atom is -0.436 e. The van der Waals surface area contributed by atoms with E-state index in [0.29, 0.717) is 23.9 Å². The Bertz CT molecular complexity index is 1590. The van der Waals surface area contributed by atoms with E-state index in [-0.39, 0.29) is 11.0 Å². The molecule has 1 heterocycles. The topological polar surface area (TPSA) is 67.2 Å². The first-order chi connectivity index (χ1) is 17.4. The summed E-state index contributed by atoms with van der Waals surface area (Å²) in [6.07, 6.45) is 0. The summed E-state index contributed by atoms with van der Waals surface area (Å²) in [4.78, 5) is 17.5. The number of carbonyl (C=O) groups excluding carboxylic acids is 1. The first-order valence-electron chi connectivity index (χ1n) is 11.7. The van der Waals surface area contributed by atoms with E-state index in [4.69, 9.17) is 16.6 Å². The second-order valence-corrected chi connectivity index (χ2v) is 10.1. The molecule has 5 nitrogen and oxygen atoms in total. The van der Waals surface area contributed by atoms with Crippen LogP contribution in [0.2, 0.25) is 0 Å². The molecular formula is C29H24BrN3O2S. The Morgan fingerprint density at radius 3 is 2.53 bits per heavy atom. The number of amides is 1. The molecule has 0 aliphatic carbocycles. The molecule has 36 heavy (non-hydrogen) atoms. The number of fused-ring (bicyclic) bond motifs is 2. The van der Waals surface area contributed by atoms with Gasteiger partial charge in [0, 0.05) is 22.1 Å². The number of carbonyl (C=O) groups is 1. The molecule has 180 valence electrons. The summed E-state index contributed by atoms with van der Waals surface area (Å²) in [5, 5.41) is 8.00. The van der Waals surface area contributed by atoms with Crippen LogP contribution >= 0.6 is 28.1 Å². The molecule has 0 atom stereocenters. The molecule has 7 heteroatoms. The van der Waals surface area contributed by atoms with E-state index in [1.54, 1.807) is 6.07 Å². The molecule has 0 unspecified atom stereocenters. The Kier molecular flexibility index (Phi) is 6.85. The van der Waals surface area contributed by atoms with Crippen LogP contribution in [-0.4, -0.2) is 16.0 Å². The van der Waals surface area contributed by atoms with Gasteiger partial charge in [-0.05, 0) is 76.4 Å². The van der Waals surface area contributed by atoms with Gasteiger partial charge in [0.05, 0.1) is 0 Å². The first kappa shape index (κ1) is 24.2. The van der Waals surface area contributed by atoms with Gasteiger partial charge in [0.1, 0.15) is 5.52 Å². The summed E-state index contributed by atoms with van der Waals surface area (Å²) in [7, 11) is 0. The van der Waals surface area contributed by atoms with Crippen molar-refractivity contribution >= 4 is 61.0 Å². The van der Waals surface area contributed by atoms with Gasteiger partial charge < -0.3 is 9.73 Å². The van der Waals surface area contributed by atoms with E-state index in [9.17, 15) is 4.79 Å². The number of rotatable bonds is 5. The summed E-state index contributed by atoms with van der Waals surface area (Å²) in [5.74, 6) is 0.782. The van der Waals surface area contributed by atoms with Crippen molar-refractivity contribution in [2.45, 2.75) is 26.3 Å². The highest BCUT2D eigenvalue weighted by molar-refractivity contribution is 9.10. The predicted molar refractivity (Wildman–Crippen MR) is 152 cm³/mol. The van der Waals surface area contributed by atoms with Gasteiger partial charge in [0.2, 0.25) is 5.89 Å². The number of nitrogens with one attached hydrogen (secondary N) is 2. The zero-order valence-electron chi connectivity index (χ0n) is 19.8. The predicted octanol–water partition coefficient (Wildman–Crippen LogP) is 7.34. The third-order valence-corrected chi connectivity index (χ3v) is 7.01. The van der Waals surface area contributed by atoms with E-state index < -0.39 is 0 Å². The number of benzene rings is 4. The van der Waals surface area contributed by atoms with Gasteiger partial charge in [-0.3, -0.25) is 10.1 Å². The molecule has 5 aromatic rings. The van der Waals surface area contributed by atoms with Gasteiger partial charge in [0.15, 0.2) is 10.7 Å². The van der Waals surface area contributed by atoms with Crippen molar-refractivity contribution in [2.75, 3.05) is 0 Å². The second kappa shape index (κ2) is 10.2. The molecule has 0 aliphatic rings. The van der Waals surface area contributed by atoms with Crippen molar-refractivity contribution in [1.82, 2.24) is 15.6 Å². The van der Waals surface area contributed by atoms with Gasteiger partial charge in [0.25, 0.3) is 5.91 Å². The van der Waals surface area contributed by atoms with Gasteiger partial charge in [-0.25, -0.2) is 4.98 Å². The van der Waals surface area contributed by atoms with E-state index in [1.807, 2.05) is 60.7 Å². The lowest BCUT2D eigenvalue weighted by molar-refractivity contribution is 0.0978. The van der Waals surface area contributed by atoms with E-state index in [0.717, 1.165) is 37.5 Å². The summed E-state index contributed by atoms with van der Waals surface area (Å²) < 4.78 is 6.89. The number of aromatic nitrogens is 1. The molecule has 0 bridgehead atoms. The molecule has 0 fully saturated rings. The average molecular weight is 559 g/mol. The third-order valence-electron chi connectivity index (χ3n) is 6.07. The first-order valence-corrected chi connectivity index (χ1v) is 12.9. The molecule has 0 aliphatic heterocycles. The molecule has 0 spiro atoms. The molecule has 0 saturated heterocycles. The minimum absolute atomic E-state index is 0.247. The molecule has 2 N–H and O–H groups in total. The molecular weight excluding hydrogens is 534 g/mol. The van der Waals surface area contributed by atoms with Gasteiger partial charge in [-0.15, -0.1) is 0 Å². The molecule has 1 aromatic heterocycles. The maximum absolute atomic E-state index is 12.9. The minimum atomic E-state index is -0.247. The lowest BCUT2D eigenvalue weighted by Crippen LogP contribution is -2.38. The van der Waals surface area contributed by atoms with Crippen LogP contribution in [-0.2, 0) is 6.54 Å². The van der Waals surface area contributed by atoms with Gasteiger partial charge in [-0.2, -0.15) is 0 Å². The van der Waals surface area contributed by atoms with Gasteiger partial charge >= 0.3 is 0 Å². The van der Waals surface area contributed by atoms with E-state index in [1.165, 1.54) is 5.56 Å². The van der Waals surface area contributed by atoms with Crippen LogP contribution < -0.4 is 10.6 Å². The lowest BCUT2D eigenvalue weighted by Gasteiger charge is -2.11. The molecule has 4 aromatic carbocycles. The monoisotopic (exact) mass is 557 g/mol. The van der Waals surface area contributed by atoms with Crippen LogP contribution in [0, 0.1) is 0 Å². The fraction of sp³-hybridized carbons (Fsp3) is 0.138. The van der Waals surface area contributed by atoms with Crippen LogP contribution in [0.5, 0.6) is 0 Å². The highest BCUT2D eigenvalue weighted by atomic mass is 79.9. The number of nitrogens with zero attached hydrogens (tertiary/aromatic N) is 1. The van der Waals surface area contributed by atoms with Crippen molar-refractivity contribution in [2.24, 2.45) is 0 Å². The summed E-state index contributed by atoms with van der Waals surface area (Å²) in [5.41, 5.74) is 5.37. The molecule has 5 rings (SSSR count). The SMILES string of the molecule is CC(C)c1ccc2oc(-c3ccc(CNC(=S)NC(=O)c4cccc5c(Br)cccc45)cc3)nc2c1. The van der Waals surface area contributed by atoms with Crippen molar-refractivity contribution in [1.29, 1.82) is 0 Å². The maximum Gasteiger partial charge on any atom is 0.258 e. The van der Waals surface area contributed by atoms with Crippen LogP contribution in [0.15, 0.2) is 87.8 Å². The average Bonchev–Trinajstić information content (AvgIpc) is 3.31. The Morgan fingerprint density at radius 1 is 1.00 bits per heavy atom. The van der Waals surface area contributed by atoms with Crippen molar-refractivity contribution in [3.05, 3.63) is 100 Å². The van der Waals surface area contributed by atoms with Crippen molar-refractivity contribution in [3.63, 3.8) is 0 Å². The molecule has 0 saturated carbocycles. The van der Waals surface area contributed by atoms with Crippen LogP contribution in [0.4, 0.5) is 0 Å². The van der Waals surface area contributed by atoms with Gasteiger partial charge in [-0.1, -0.05) is 72.2 Å². The Morgan fingerprint density at radius 2 is 1.75 bits per heavy atom. The highest BCUT2D eigenvalue weighted by Crippen LogP contribution is 2.28. The fourth-order valence-corrected chi connectivity index (χ4v) is 4.72. The summed E-state index contributed by atoms with van der Waals surface area (Å²) >= 11 is 8.91. The zero-order chi connectivity index (χ0) is 25.2. The Balaban J connectivity index is 1.22. The number of hydrogen-bond donors (Lipinski definition) is 2. The highest BCUT2D eigenvalue weighted by Gasteiger charge is 2.13. The van der Waals surface area contributed by atoms with Crippen molar-refractivity contribution in [3.8, 4) is 11.5 Å². The fourth-order valence-electron chi connectivity index (χ4n) is 4.06. The standard InChI is InChI=1S/C29H24BrN3O2S/c1-17(2)20-13-14-26-25(15-20)32-28(35-26)19-11-9-18(10-12-19)16-31-29(36)33-27(34)23-7-3-6-22-21(23)5-4-8-24(22)30/h3-15,17H,16H2,1-2H3,(H2,31,33,34,36). The Hall–Kier alpha value is -3.55. The zero-order valence-corrected chi connectivity index (χ0v) is 22.2. The lowest BCUT2D eigenvalue weighted by atomic mass is 10.0. The maximum atomic E-state index is 12.9. The second-order valence-electron chi connectivity index (χ2n) is 8.88. The van der Waals surface area contributed by atoms with E-state index in [2.05, 4.69) is 57.5 Å². The van der Waals surface area contributed by atoms with Crippen molar-refractivity contribution < 1.29 is 9.21 Å². The quantitative estimate of drug-likeness (QED) is 0.221. The number of oxazole rings is 1. The normalized spacial score (nSPS) is 11.2. The van der Waals surface area contributed by atoms with Crippen LogP contribution in [0.3, 0.4) is 0 Å². The number of halogens is 1. The summed E-state index contributed by atoms with van der Waals surface area (Å²) in [6, 6.07) is 25.5. The summed E-state index contributed by atoms with van der Waals surface area (Å²) in [6.45, 7) is 4.80. The smallest absolute Gasteiger partial charge is 0.258 e. The van der Waals surface area contributed by atoms with Crippen LogP contribution in [0.1, 0.15) is 41.3 Å². The molecule has 1 amide bonds. The largest absolute Gasteiger partial charge is 0.436 e.